The van der Waals surface area contributed by atoms with E-state index in [4.69, 9.17) is 11.5 Å². The first-order valence-electron chi connectivity index (χ1n) is 4.59. The monoisotopic (exact) mass is 234 g/mol. The first kappa shape index (κ1) is 12.4. The molecule has 4 N–H and O–H groups in total. The Morgan fingerprint density at radius 3 is 2.65 bits per heavy atom. The van der Waals surface area contributed by atoms with Crippen LogP contribution in [0, 0.1) is 12.3 Å². The topological polar surface area (TPSA) is 98.7 Å². The van der Waals surface area contributed by atoms with E-state index >= 15 is 0 Å². The summed E-state index contributed by atoms with van der Waals surface area (Å²) < 4.78 is 0. The zero-order chi connectivity index (χ0) is 12.8. The number of aromatic hydroxyl groups is 1. The Bertz CT molecular complexity index is 491. The Morgan fingerprint density at radius 2 is 2.12 bits per heavy atom. The lowest BCUT2D eigenvalue weighted by atomic mass is 10.2. The molecule has 0 radical (unpaired) electrons. The summed E-state index contributed by atoms with van der Waals surface area (Å²) in [5, 5.41) is 22.8. The third-order valence-corrected chi connectivity index (χ3v) is 1.84. The van der Waals surface area contributed by atoms with Crippen LogP contribution in [0.2, 0.25) is 0 Å². The van der Waals surface area contributed by atoms with Crippen molar-refractivity contribution in [1.29, 1.82) is 0 Å². The van der Waals surface area contributed by atoms with E-state index in [0.29, 0.717) is 0 Å². The van der Waals surface area contributed by atoms with E-state index in [1.807, 2.05) is 0 Å². The van der Waals surface area contributed by atoms with Crippen molar-refractivity contribution in [3.63, 3.8) is 0 Å². The summed E-state index contributed by atoms with van der Waals surface area (Å²) in [6, 6.07) is 3.01. The molecule has 0 heterocycles. The minimum absolute atomic E-state index is 0.0554. The number of carboxylic acid groups (broad SMARTS) is 1. The minimum atomic E-state index is -1.16. The molecule has 1 aromatic rings. The van der Waals surface area contributed by atoms with E-state index in [-0.39, 0.29) is 23.5 Å². The van der Waals surface area contributed by atoms with Crippen molar-refractivity contribution in [3.8, 4) is 18.1 Å². The molecule has 0 bridgehead atoms. The summed E-state index contributed by atoms with van der Waals surface area (Å²) in [6.45, 7) is 0.0554. The zero-order valence-electron chi connectivity index (χ0n) is 8.73. The highest BCUT2D eigenvalue weighted by molar-refractivity contribution is 5.93. The van der Waals surface area contributed by atoms with Crippen LogP contribution in [-0.4, -0.2) is 28.8 Å². The number of terminal acetylenes is 1. The van der Waals surface area contributed by atoms with E-state index < -0.39 is 12.0 Å². The molecule has 1 aromatic carbocycles. The van der Waals surface area contributed by atoms with Gasteiger partial charge in [-0.15, -0.1) is 6.42 Å². The largest absolute Gasteiger partial charge is 0.506 e. The fourth-order valence-corrected chi connectivity index (χ4v) is 1.07. The van der Waals surface area contributed by atoms with Gasteiger partial charge in [0.1, 0.15) is 5.75 Å². The Hall–Kier alpha value is -2.68. The second-order valence-electron chi connectivity index (χ2n) is 3.05. The number of hydrogen-bond acceptors (Lipinski definition) is 3. The van der Waals surface area contributed by atoms with E-state index in [1.165, 1.54) is 12.1 Å². The molecule has 0 fully saturated rings. The summed E-state index contributed by atoms with van der Waals surface area (Å²) in [5.74, 6) is 0.715. The molecule has 0 aliphatic rings. The van der Waals surface area contributed by atoms with Crippen molar-refractivity contribution in [3.05, 3.63) is 23.8 Å². The Balaban J connectivity index is 2.76. The van der Waals surface area contributed by atoms with Crippen LogP contribution >= 0.6 is 0 Å². The highest BCUT2D eigenvalue weighted by atomic mass is 16.4. The minimum Gasteiger partial charge on any atom is -0.506 e. The molecule has 0 spiro atoms. The maximum atomic E-state index is 11.2. The lowest BCUT2D eigenvalue weighted by Gasteiger charge is -2.07. The average Bonchev–Trinajstić information content (AvgIpc) is 2.28. The van der Waals surface area contributed by atoms with Gasteiger partial charge in [-0.2, -0.15) is 0 Å². The number of amides is 2. The standard InChI is InChI=1S/C11H10N2O4/c1-2-5-12-11(17)13-8-4-3-7(10(15)16)6-9(8)14/h1,3-4,6,14H,5H2,(H,15,16)(H2,12,13,17). The lowest BCUT2D eigenvalue weighted by molar-refractivity contribution is 0.0696. The smallest absolute Gasteiger partial charge is 0.335 e. The third-order valence-electron chi connectivity index (χ3n) is 1.84. The van der Waals surface area contributed by atoms with Gasteiger partial charge < -0.3 is 20.8 Å². The van der Waals surface area contributed by atoms with Gasteiger partial charge in [-0.3, -0.25) is 0 Å². The summed E-state index contributed by atoms with van der Waals surface area (Å²) in [7, 11) is 0. The van der Waals surface area contributed by atoms with Crippen molar-refractivity contribution >= 4 is 17.7 Å². The summed E-state index contributed by atoms with van der Waals surface area (Å²) in [6.07, 6.45) is 4.95. The van der Waals surface area contributed by atoms with Gasteiger partial charge in [0, 0.05) is 0 Å². The average molecular weight is 234 g/mol. The molecule has 0 saturated heterocycles. The van der Waals surface area contributed by atoms with Gasteiger partial charge in [-0.1, -0.05) is 5.92 Å². The maximum absolute atomic E-state index is 11.2. The third kappa shape index (κ3) is 3.43. The number of carboxylic acids is 1. The van der Waals surface area contributed by atoms with Crippen LogP contribution in [0.15, 0.2) is 18.2 Å². The van der Waals surface area contributed by atoms with Crippen molar-refractivity contribution in [2.24, 2.45) is 0 Å². The van der Waals surface area contributed by atoms with E-state index in [9.17, 15) is 14.7 Å². The lowest BCUT2D eigenvalue weighted by Crippen LogP contribution is -2.28. The van der Waals surface area contributed by atoms with Gasteiger partial charge in [0.05, 0.1) is 17.8 Å². The predicted octanol–water partition coefficient (Wildman–Crippen LogP) is 0.845. The molecule has 0 unspecified atom stereocenters. The van der Waals surface area contributed by atoms with Crippen LogP contribution in [-0.2, 0) is 0 Å². The Labute approximate surface area is 97.3 Å². The highest BCUT2D eigenvalue weighted by Gasteiger charge is 2.09. The molecule has 6 heteroatoms. The number of anilines is 1. The molecular weight excluding hydrogens is 224 g/mol. The molecule has 0 atom stereocenters. The van der Waals surface area contributed by atoms with Crippen LogP contribution in [0.25, 0.3) is 0 Å². The fraction of sp³-hybridized carbons (Fsp3) is 0.0909. The first-order chi connectivity index (χ1) is 8.04. The van der Waals surface area contributed by atoms with E-state index in [1.54, 1.807) is 0 Å². The van der Waals surface area contributed by atoms with Gasteiger partial charge >= 0.3 is 12.0 Å². The molecular formula is C11H10N2O4. The number of nitrogens with one attached hydrogen (secondary N) is 2. The van der Waals surface area contributed by atoms with Crippen LogP contribution in [0.4, 0.5) is 10.5 Å². The Kier molecular flexibility index (Phi) is 3.95. The van der Waals surface area contributed by atoms with Gasteiger partial charge in [-0.05, 0) is 18.2 Å². The molecule has 0 aromatic heterocycles. The Morgan fingerprint density at radius 1 is 1.41 bits per heavy atom. The van der Waals surface area contributed by atoms with Crippen molar-refractivity contribution in [2.75, 3.05) is 11.9 Å². The number of aromatic carboxylic acids is 1. The zero-order valence-corrected chi connectivity index (χ0v) is 8.73. The normalized spacial score (nSPS) is 9.12. The van der Waals surface area contributed by atoms with Crippen molar-refractivity contribution in [1.82, 2.24) is 5.32 Å². The van der Waals surface area contributed by atoms with Crippen LogP contribution in [0.3, 0.4) is 0 Å². The van der Waals surface area contributed by atoms with Crippen LogP contribution in [0.5, 0.6) is 5.75 Å². The second kappa shape index (κ2) is 5.42. The number of hydrogen-bond donors (Lipinski definition) is 4. The van der Waals surface area contributed by atoms with Gasteiger partial charge in [0.2, 0.25) is 0 Å². The van der Waals surface area contributed by atoms with Gasteiger partial charge in [-0.25, -0.2) is 9.59 Å². The van der Waals surface area contributed by atoms with Gasteiger partial charge in [0.15, 0.2) is 0 Å². The number of rotatable bonds is 3. The van der Waals surface area contributed by atoms with E-state index in [2.05, 4.69) is 16.6 Å². The van der Waals surface area contributed by atoms with Crippen LogP contribution in [0.1, 0.15) is 10.4 Å². The second-order valence-corrected chi connectivity index (χ2v) is 3.05. The number of benzene rings is 1. The molecule has 1 rings (SSSR count). The number of carbonyl (C=O) groups is 2. The number of urea groups is 1. The molecule has 17 heavy (non-hydrogen) atoms. The molecule has 2 amide bonds. The summed E-state index contributed by atoms with van der Waals surface area (Å²) in [4.78, 5) is 21.8. The van der Waals surface area contributed by atoms with E-state index in [0.717, 1.165) is 6.07 Å². The van der Waals surface area contributed by atoms with Crippen LogP contribution < -0.4 is 10.6 Å². The highest BCUT2D eigenvalue weighted by Crippen LogP contribution is 2.24. The number of phenolic OH excluding ortho intramolecular Hbond substituents is 1. The molecule has 0 aliphatic heterocycles. The predicted molar refractivity (Wildman–Crippen MR) is 60.9 cm³/mol. The maximum Gasteiger partial charge on any atom is 0.335 e. The van der Waals surface area contributed by atoms with Gasteiger partial charge in [0.25, 0.3) is 0 Å². The SMILES string of the molecule is C#CCNC(=O)Nc1ccc(C(=O)O)cc1O. The fourth-order valence-electron chi connectivity index (χ4n) is 1.07. The molecule has 0 saturated carbocycles. The quantitative estimate of drug-likeness (QED) is 0.460. The molecule has 6 nitrogen and oxygen atoms in total. The van der Waals surface area contributed by atoms with Crippen molar-refractivity contribution in [2.45, 2.75) is 0 Å². The number of phenols is 1. The summed E-state index contributed by atoms with van der Waals surface area (Å²) >= 11 is 0. The summed E-state index contributed by atoms with van der Waals surface area (Å²) in [5.41, 5.74) is 0.0293. The molecule has 0 aliphatic carbocycles. The number of carbonyl (C=O) groups excluding carboxylic acids is 1. The van der Waals surface area contributed by atoms with Crippen molar-refractivity contribution < 1.29 is 19.8 Å². The molecule has 88 valence electrons. The first-order valence-corrected chi connectivity index (χ1v) is 4.59.